The number of carboxylic acids is 1. The Morgan fingerprint density at radius 3 is 2.16 bits per heavy atom. The van der Waals surface area contributed by atoms with E-state index in [-0.39, 0.29) is 36.0 Å². The van der Waals surface area contributed by atoms with Crippen LogP contribution in [-0.2, 0) is 24.0 Å². The first-order chi connectivity index (χ1) is 17.4. The number of carboxylic acid groups (broad SMARTS) is 1. The lowest BCUT2D eigenvalue weighted by molar-refractivity contribution is -0.146. The lowest BCUT2D eigenvalue weighted by Gasteiger charge is -2.30. The number of guanidine groups is 1. The second-order valence-corrected chi connectivity index (χ2v) is 9.90. The number of aliphatic imine (C=N–C) groups is 1. The zero-order chi connectivity index (χ0) is 28.1. The molecular formula is C25H44N6O6. The summed E-state index contributed by atoms with van der Waals surface area (Å²) in [5, 5.41) is 14.8. The molecule has 1 aliphatic heterocycles. The fourth-order valence-corrected chi connectivity index (χ4v) is 4.65. The lowest BCUT2D eigenvalue weighted by Crippen LogP contribution is -2.56. The number of likely N-dealkylation sites (tertiary alicyclic amines) is 1. The van der Waals surface area contributed by atoms with Crippen LogP contribution in [0.1, 0.15) is 79.1 Å². The van der Waals surface area contributed by atoms with E-state index < -0.39 is 42.3 Å². The number of carbonyl (C=O) groups excluding carboxylic acids is 4. The summed E-state index contributed by atoms with van der Waals surface area (Å²) < 4.78 is 0. The van der Waals surface area contributed by atoms with E-state index in [9.17, 15) is 29.1 Å². The average Bonchev–Trinajstić information content (AvgIpc) is 3.20. The Labute approximate surface area is 219 Å². The van der Waals surface area contributed by atoms with Gasteiger partial charge in [0, 0.05) is 19.0 Å². The minimum Gasteiger partial charge on any atom is -0.481 e. The zero-order valence-electron chi connectivity index (χ0n) is 22.5. The predicted octanol–water partition coefficient (Wildman–Crippen LogP) is 0.527. The highest BCUT2D eigenvalue weighted by molar-refractivity contribution is 5.96. The number of nitrogens with two attached hydrogens (primary N) is 2. The number of nitrogens with zero attached hydrogens (tertiary/aromatic N) is 2. The van der Waals surface area contributed by atoms with E-state index in [2.05, 4.69) is 15.6 Å². The number of aliphatic carboxylic acids is 1. The van der Waals surface area contributed by atoms with Crippen LogP contribution in [-0.4, -0.2) is 76.7 Å². The van der Waals surface area contributed by atoms with Crippen LogP contribution in [0.15, 0.2) is 4.99 Å². The maximum absolute atomic E-state index is 13.5. The molecule has 12 heteroatoms. The molecule has 0 aliphatic carbocycles. The molecule has 1 heterocycles. The van der Waals surface area contributed by atoms with Crippen molar-refractivity contribution >= 4 is 35.4 Å². The third-order valence-electron chi connectivity index (χ3n) is 6.49. The fourth-order valence-electron chi connectivity index (χ4n) is 4.65. The third kappa shape index (κ3) is 10.8. The Morgan fingerprint density at radius 1 is 1.03 bits per heavy atom. The molecule has 1 saturated heterocycles. The molecular weight excluding hydrogens is 480 g/mol. The van der Waals surface area contributed by atoms with Gasteiger partial charge in [-0.3, -0.25) is 29.0 Å². The standard InChI is InChI=1S/C25H44N6O6/c1-5-8-17(9-6-2)22(35)30-19(13-21(33)34)24(37)31-14-15(3)12-20(31)23(36)29-18(16(4)32)10-7-11-28-25(26)27/h15,17-20H,5-14H2,1-4H3,(H,29,36)(H,30,35)(H,33,34)(H4,26,27,28)/t15-,18?,19?,20?/m0/s1. The van der Waals surface area contributed by atoms with Crippen molar-refractivity contribution in [2.24, 2.45) is 28.3 Å². The maximum atomic E-state index is 13.5. The molecule has 1 fully saturated rings. The molecule has 4 atom stereocenters. The van der Waals surface area contributed by atoms with Crippen molar-refractivity contribution in [2.45, 2.75) is 97.2 Å². The number of nitrogens with one attached hydrogen (secondary N) is 2. The summed E-state index contributed by atoms with van der Waals surface area (Å²) in [5.41, 5.74) is 10.6. The predicted molar refractivity (Wildman–Crippen MR) is 139 cm³/mol. The molecule has 37 heavy (non-hydrogen) atoms. The number of ketones is 1. The Bertz CT molecular complexity index is 838. The lowest BCUT2D eigenvalue weighted by atomic mass is 9.96. The smallest absolute Gasteiger partial charge is 0.305 e. The van der Waals surface area contributed by atoms with Gasteiger partial charge in [0.25, 0.3) is 0 Å². The highest BCUT2D eigenvalue weighted by Gasteiger charge is 2.42. The Hall–Kier alpha value is -3.18. The van der Waals surface area contributed by atoms with Crippen LogP contribution in [0.5, 0.6) is 0 Å². The molecule has 1 aliphatic rings. The number of rotatable bonds is 16. The van der Waals surface area contributed by atoms with Gasteiger partial charge in [0.2, 0.25) is 17.7 Å². The van der Waals surface area contributed by atoms with Crippen molar-refractivity contribution in [1.82, 2.24) is 15.5 Å². The minimum atomic E-state index is -1.29. The number of hydrogen-bond donors (Lipinski definition) is 5. The first-order valence-corrected chi connectivity index (χ1v) is 13.1. The molecule has 3 amide bonds. The van der Waals surface area contributed by atoms with Gasteiger partial charge in [0.15, 0.2) is 11.7 Å². The van der Waals surface area contributed by atoms with Gasteiger partial charge in [-0.05, 0) is 44.9 Å². The van der Waals surface area contributed by atoms with Gasteiger partial charge in [-0.25, -0.2) is 0 Å². The third-order valence-corrected chi connectivity index (χ3v) is 6.49. The fraction of sp³-hybridized carbons (Fsp3) is 0.760. The molecule has 0 saturated carbocycles. The monoisotopic (exact) mass is 524 g/mol. The summed E-state index contributed by atoms with van der Waals surface area (Å²) in [4.78, 5) is 68.4. The van der Waals surface area contributed by atoms with E-state index in [1.165, 1.54) is 11.8 Å². The molecule has 0 aromatic rings. The Morgan fingerprint density at radius 2 is 1.65 bits per heavy atom. The maximum Gasteiger partial charge on any atom is 0.305 e. The van der Waals surface area contributed by atoms with Crippen LogP contribution in [0.4, 0.5) is 0 Å². The summed E-state index contributed by atoms with van der Waals surface area (Å²) in [5.74, 6) is -3.32. The van der Waals surface area contributed by atoms with Crippen LogP contribution in [0.2, 0.25) is 0 Å². The Balaban J connectivity index is 3.02. The van der Waals surface area contributed by atoms with Gasteiger partial charge >= 0.3 is 5.97 Å². The largest absolute Gasteiger partial charge is 0.481 e. The molecule has 12 nitrogen and oxygen atoms in total. The molecule has 7 N–H and O–H groups in total. The van der Waals surface area contributed by atoms with Crippen LogP contribution >= 0.6 is 0 Å². The van der Waals surface area contributed by atoms with Gasteiger partial charge in [-0.2, -0.15) is 0 Å². The number of Topliss-reactive ketones (excluding diaryl/α,β-unsaturated/α-hetero) is 1. The number of hydrogen-bond acceptors (Lipinski definition) is 6. The molecule has 3 unspecified atom stereocenters. The summed E-state index contributed by atoms with van der Waals surface area (Å²) in [6.45, 7) is 7.72. The second-order valence-electron chi connectivity index (χ2n) is 9.90. The van der Waals surface area contributed by atoms with Crippen molar-refractivity contribution < 1.29 is 29.1 Å². The first-order valence-electron chi connectivity index (χ1n) is 13.1. The summed E-state index contributed by atoms with van der Waals surface area (Å²) >= 11 is 0. The second kappa shape index (κ2) is 15.8. The summed E-state index contributed by atoms with van der Waals surface area (Å²) in [7, 11) is 0. The van der Waals surface area contributed by atoms with Crippen LogP contribution in [0.3, 0.4) is 0 Å². The van der Waals surface area contributed by atoms with Gasteiger partial charge < -0.3 is 32.1 Å². The molecule has 0 bridgehead atoms. The van der Waals surface area contributed by atoms with E-state index in [0.29, 0.717) is 38.6 Å². The quantitative estimate of drug-likeness (QED) is 0.109. The molecule has 0 aromatic carbocycles. The molecule has 0 radical (unpaired) electrons. The van der Waals surface area contributed by atoms with Crippen LogP contribution in [0.25, 0.3) is 0 Å². The molecule has 1 rings (SSSR count). The highest BCUT2D eigenvalue weighted by Crippen LogP contribution is 2.25. The summed E-state index contributed by atoms with van der Waals surface area (Å²) in [6.07, 6.45) is 3.39. The molecule has 0 aromatic heterocycles. The topological polar surface area (TPSA) is 197 Å². The van der Waals surface area contributed by atoms with Gasteiger partial charge in [-0.1, -0.05) is 33.6 Å². The van der Waals surface area contributed by atoms with Crippen molar-refractivity contribution in [3.8, 4) is 0 Å². The molecule has 210 valence electrons. The van der Waals surface area contributed by atoms with Gasteiger partial charge in [0.1, 0.15) is 12.1 Å². The molecule has 0 spiro atoms. The number of carbonyl (C=O) groups is 5. The zero-order valence-corrected chi connectivity index (χ0v) is 22.5. The average molecular weight is 525 g/mol. The van der Waals surface area contributed by atoms with E-state index >= 15 is 0 Å². The van der Waals surface area contributed by atoms with Gasteiger partial charge in [-0.15, -0.1) is 0 Å². The van der Waals surface area contributed by atoms with E-state index in [4.69, 9.17) is 11.5 Å². The number of amides is 3. The van der Waals surface area contributed by atoms with E-state index in [1.807, 2.05) is 20.8 Å². The normalized spacial score (nSPS) is 18.7. The SMILES string of the molecule is CCCC(CCC)C(=O)NC(CC(=O)O)C(=O)N1C[C@@H](C)CC1C(=O)NC(CCCN=C(N)N)C(C)=O. The Kier molecular flexibility index (Phi) is 13.6. The van der Waals surface area contributed by atoms with E-state index in [0.717, 1.165) is 12.8 Å². The van der Waals surface area contributed by atoms with Crippen molar-refractivity contribution in [3.63, 3.8) is 0 Å². The minimum absolute atomic E-state index is 0.0218. The van der Waals surface area contributed by atoms with Crippen LogP contribution < -0.4 is 22.1 Å². The van der Waals surface area contributed by atoms with Crippen LogP contribution in [0, 0.1) is 11.8 Å². The van der Waals surface area contributed by atoms with E-state index in [1.54, 1.807) is 0 Å². The van der Waals surface area contributed by atoms with Gasteiger partial charge in [0.05, 0.1) is 12.5 Å². The first kappa shape index (κ1) is 31.8. The van der Waals surface area contributed by atoms with Crippen molar-refractivity contribution in [2.75, 3.05) is 13.1 Å². The van der Waals surface area contributed by atoms with Crippen molar-refractivity contribution in [1.29, 1.82) is 0 Å². The van der Waals surface area contributed by atoms with Crippen molar-refractivity contribution in [3.05, 3.63) is 0 Å². The highest BCUT2D eigenvalue weighted by atomic mass is 16.4. The summed E-state index contributed by atoms with van der Waals surface area (Å²) in [6, 6.07) is -2.93.